The molecule has 0 aliphatic rings. The van der Waals surface area contributed by atoms with E-state index in [1.165, 1.54) is 5.32 Å². The lowest BCUT2D eigenvalue weighted by Crippen LogP contribution is -2.47. The lowest BCUT2D eigenvalue weighted by atomic mass is 10.0. The number of hydrogen-bond donors (Lipinski definition) is 2. The summed E-state index contributed by atoms with van der Waals surface area (Å²) in [4.78, 5) is 22.0. The smallest absolute Gasteiger partial charge is 0.471 e. The maximum atomic E-state index is 12.3. The molecule has 2 N–H and O–H groups in total. The molecule has 0 saturated heterocycles. The van der Waals surface area contributed by atoms with Crippen molar-refractivity contribution >= 4 is 11.9 Å². The predicted octanol–water partition coefficient (Wildman–Crippen LogP) is 2.76. The van der Waals surface area contributed by atoms with E-state index in [0.717, 1.165) is 5.56 Å². The van der Waals surface area contributed by atoms with E-state index in [0.29, 0.717) is 11.1 Å². The van der Waals surface area contributed by atoms with Gasteiger partial charge in [0.25, 0.3) is 0 Å². The Morgan fingerprint density at radius 3 is 2.00 bits per heavy atom. The highest BCUT2D eigenvalue weighted by molar-refractivity contribution is 5.87. The molecule has 0 spiro atoms. The number of amides is 1. The summed E-state index contributed by atoms with van der Waals surface area (Å²) in [5.74, 6) is 2.06. The number of hydrogen-bond acceptors (Lipinski definition) is 2. The van der Waals surface area contributed by atoms with Crippen LogP contribution in [0.5, 0.6) is 0 Å². The Morgan fingerprint density at radius 1 is 0.962 bits per heavy atom. The zero-order chi connectivity index (χ0) is 19.2. The second-order valence-corrected chi connectivity index (χ2v) is 5.38. The summed E-state index contributed by atoms with van der Waals surface area (Å²) in [6.45, 7) is 0. The molecule has 1 amide bonds. The van der Waals surface area contributed by atoms with Gasteiger partial charge in [-0.1, -0.05) is 42.2 Å². The van der Waals surface area contributed by atoms with Gasteiger partial charge in [0.2, 0.25) is 0 Å². The lowest BCUT2D eigenvalue weighted by molar-refractivity contribution is -0.175. The molecule has 0 aliphatic carbocycles. The summed E-state index contributed by atoms with van der Waals surface area (Å²) < 4.78 is 36.8. The van der Waals surface area contributed by atoms with E-state index in [4.69, 9.17) is 5.11 Å². The van der Waals surface area contributed by atoms with Gasteiger partial charge in [0.15, 0.2) is 0 Å². The minimum Gasteiger partial charge on any atom is -0.480 e. The van der Waals surface area contributed by atoms with E-state index in [1.54, 1.807) is 24.3 Å². The molecule has 2 aromatic carbocycles. The molecule has 0 fully saturated rings. The number of nitrogens with one attached hydrogen (secondary N) is 1. The molecule has 7 heteroatoms. The monoisotopic (exact) mass is 361 g/mol. The first-order chi connectivity index (χ1) is 12.3. The minimum atomic E-state index is -5.13. The van der Waals surface area contributed by atoms with Crippen LogP contribution in [0.15, 0.2) is 54.6 Å². The quantitative estimate of drug-likeness (QED) is 0.823. The van der Waals surface area contributed by atoms with E-state index < -0.39 is 24.1 Å². The number of carbonyl (C=O) groups excluding carboxylic acids is 1. The normalized spacial score (nSPS) is 11.8. The Labute approximate surface area is 147 Å². The van der Waals surface area contributed by atoms with E-state index in [9.17, 15) is 22.8 Å². The summed E-state index contributed by atoms with van der Waals surface area (Å²) >= 11 is 0. The van der Waals surface area contributed by atoms with Gasteiger partial charge in [-0.2, -0.15) is 13.2 Å². The highest BCUT2D eigenvalue weighted by atomic mass is 19.4. The van der Waals surface area contributed by atoms with Gasteiger partial charge in [0, 0.05) is 17.5 Å². The summed E-state index contributed by atoms with van der Waals surface area (Å²) in [5.41, 5.74) is 1.96. The molecule has 4 nitrogen and oxygen atoms in total. The van der Waals surface area contributed by atoms with Gasteiger partial charge in [-0.3, -0.25) is 4.79 Å². The van der Waals surface area contributed by atoms with Crippen LogP contribution in [0.1, 0.15) is 16.7 Å². The fraction of sp³-hybridized carbons (Fsp3) is 0.158. The Balaban J connectivity index is 2.06. The molecular weight excluding hydrogens is 347 g/mol. The number of aliphatic carboxylic acids is 1. The van der Waals surface area contributed by atoms with Crippen LogP contribution < -0.4 is 5.32 Å². The molecule has 2 aromatic rings. The number of carboxylic acids is 1. The van der Waals surface area contributed by atoms with E-state index in [2.05, 4.69) is 11.8 Å². The van der Waals surface area contributed by atoms with Gasteiger partial charge in [0.1, 0.15) is 6.04 Å². The topological polar surface area (TPSA) is 66.4 Å². The molecule has 0 aliphatic heterocycles. The van der Waals surface area contributed by atoms with Crippen molar-refractivity contribution in [2.45, 2.75) is 18.6 Å². The van der Waals surface area contributed by atoms with Crippen LogP contribution in [0.3, 0.4) is 0 Å². The average molecular weight is 361 g/mol. The first-order valence-electron chi connectivity index (χ1n) is 7.52. The zero-order valence-corrected chi connectivity index (χ0v) is 13.4. The average Bonchev–Trinajstić information content (AvgIpc) is 2.60. The van der Waals surface area contributed by atoms with Crippen molar-refractivity contribution in [2.75, 3.05) is 0 Å². The van der Waals surface area contributed by atoms with Crippen LogP contribution in [-0.2, 0) is 16.0 Å². The van der Waals surface area contributed by atoms with Gasteiger partial charge in [0.05, 0.1) is 0 Å². The molecule has 134 valence electrons. The van der Waals surface area contributed by atoms with Crippen molar-refractivity contribution in [3.05, 3.63) is 71.3 Å². The Bertz CT molecular complexity index is 834. The van der Waals surface area contributed by atoms with Crippen molar-refractivity contribution < 1.29 is 27.9 Å². The van der Waals surface area contributed by atoms with E-state index in [-0.39, 0.29) is 6.42 Å². The molecular formula is C19H14F3NO3. The van der Waals surface area contributed by atoms with E-state index >= 15 is 0 Å². The van der Waals surface area contributed by atoms with Gasteiger partial charge in [-0.15, -0.1) is 0 Å². The van der Waals surface area contributed by atoms with Crippen molar-refractivity contribution in [1.82, 2.24) is 5.32 Å². The van der Waals surface area contributed by atoms with Crippen molar-refractivity contribution in [2.24, 2.45) is 0 Å². The van der Waals surface area contributed by atoms with Crippen LogP contribution >= 0.6 is 0 Å². The molecule has 0 radical (unpaired) electrons. The summed E-state index contributed by atoms with van der Waals surface area (Å²) in [7, 11) is 0. The predicted molar refractivity (Wildman–Crippen MR) is 88.2 cm³/mol. The molecule has 0 bridgehead atoms. The Morgan fingerprint density at radius 2 is 1.50 bits per heavy atom. The minimum absolute atomic E-state index is 0.274. The first-order valence-corrected chi connectivity index (χ1v) is 7.52. The first kappa shape index (κ1) is 19.1. The summed E-state index contributed by atoms with van der Waals surface area (Å²) in [6, 6.07) is 14.0. The SMILES string of the molecule is O=C(O)C(Cc1ccc(C#Cc2ccccc2)cc1)NC(=O)C(F)(F)F. The Hall–Kier alpha value is -3.27. The third-order valence-corrected chi connectivity index (χ3v) is 3.38. The lowest BCUT2D eigenvalue weighted by Gasteiger charge is -2.15. The molecule has 1 atom stereocenters. The van der Waals surface area contributed by atoms with Crippen LogP contribution in [0.2, 0.25) is 0 Å². The summed E-state index contributed by atoms with van der Waals surface area (Å²) in [6.07, 6.45) is -5.41. The number of alkyl halides is 3. The van der Waals surface area contributed by atoms with Crippen LogP contribution in [0, 0.1) is 11.8 Å². The molecule has 2 rings (SSSR count). The second-order valence-electron chi connectivity index (χ2n) is 5.38. The van der Waals surface area contributed by atoms with Crippen molar-refractivity contribution in [3.63, 3.8) is 0 Å². The van der Waals surface area contributed by atoms with Gasteiger partial charge in [-0.05, 0) is 29.8 Å². The van der Waals surface area contributed by atoms with Gasteiger partial charge in [-0.25, -0.2) is 4.79 Å². The van der Waals surface area contributed by atoms with Gasteiger partial charge < -0.3 is 10.4 Å². The maximum Gasteiger partial charge on any atom is 0.471 e. The number of carbonyl (C=O) groups is 2. The fourth-order valence-electron chi connectivity index (χ4n) is 2.07. The number of rotatable bonds is 4. The molecule has 0 heterocycles. The maximum absolute atomic E-state index is 12.3. The molecule has 1 unspecified atom stereocenters. The standard InChI is InChI=1S/C19H14F3NO3/c20-19(21,22)18(26)23-16(17(24)25)12-15-10-8-14(9-11-15)7-6-13-4-2-1-3-5-13/h1-5,8-11,16H,12H2,(H,23,26)(H,24,25). The molecule has 0 saturated carbocycles. The number of carboxylic acid groups (broad SMARTS) is 1. The number of halogens is 3. The highest BCUT2D eigenvalue weighted by Crippen LogP contribution is 2.15. The summed E-state index contributed by atoms with van der Waals surface area (Å²) in [5, 5.41) is 10.5. The number of benzene rings is 2. The van der Waals surface area contributed by atoms with Crippen LogP contribution in [-0.4, -0.2) is 29.2 Å². The fourth-order valence-corrected chi connectivity index (χ4v) is 2.07. The second kappa shape index (κ2) is 8.21. The van der Waals surface area contributed by atoms with Crippen molar-refractivity contribution in [3.8, 4) is 11.8 Å². The van der Waals surface area contributed by atoms with E-state index in [1.807, 2.05) is 30.3 Å². The van der Waals surface area contributed by atoms with Crippen LogP contribution in [0.25, 0.3) is 0 Å². The Kier molecular flexibility index (Phi) is 6.02. The third-order valence-electron chi connectivity index (χ3n) is 3.38. The largest absolute Gasteiger partial charge is 0.480 e. The zero-order valence-electron chi connectivity index (χ0n) is 13.4. The third kappa shape index (κ3) is 5.67. The molecule has 0 aromatic heterocycles. The van der Waals surface area contributed by atoms with Gasteiger partial charge >= 0.3 is 18.1 Å². The molecule has 26 heavy (non-hydrogen) atoms. The van der Waals surface area contributed by atoms with Crippen molar-refractivity contribution in [1.29, 1.82) is 0 Å². The van der Waals surface area contributed by atoms with Crippen LogP contribution in [0.4, 0.5) is 13.2 Å². The highest BCUT2D eigenvalue weighted by Gasteiger charge is 2.40.